The number of carbonyl (C=O) groups is 1. The Morgan fingerprint density at radius 2 is 1.95 bits per heavy atom. The van der Waals surface area contributed by atoms with Gasteiger partial charge in [-0.15, -0.1) is 0 Å². The molecule has 0 aliphatic rings. The number of esters is 1. The van der Waals surface area contributed by atoms with Gasteiger partial charge in [0.2, 0.25) is 10.0 Å². The third-order valence-corrected chi connectivity index (χ3v) is 4.45. The molecule has 22 heavy (non-hydrogen) atoms. The molecule has 0 aliphatic heterocycles. The van der Waals surface area contributed by atoms with Gasteiger partial charge in [-0.3, -0.25) is 0 Å². The fraction of sp³-hybridized carbons (Fsp3) is 0.267. The Morgan fingerprint density at radius 3 is 2.59 bits per heavy atom. The number of carbonyl (C=O) groups excluding carboxylic acids is 1. The van der Waals surface area contributed by atoms with Gasteiger partial charge >= 0.3 is 5.97 Å². The largest absolute Gasteiger partial charge is 0.461 e. The SMILES string of the molecule is CCOC(=O)c1cc(S(=O)(=O)NCc2ccccc2)cn1C. The van der Waals surface area contributed by atoms with Gasteiger partial charge < -0.3 is 9.30 Å². The van der Waals surface area contributed by atoms with E-state index in [1.54, 1.807) is 14.0 Å². The van der Waals surface area contributed by atoms with Crippen molar-refractivity contribution in [1.29, 1.82) is 0 Å². The summed E-state index contributed by atoms with van der Waals surface area (Å²) in [6.45, 7) is 2.12. The minimum atomic E-state index is -3.69. The van der Waals surface area contributed by atoms with Crippen LogP contribution in [0.5, 0.6) is 0 Å². The van der Waals surface area contributed by atoms with Crippen molar-refractivity contribution in [3.8, 4) is 0 Å². The van der Waals surface area contributed by atoms with Crippen LogP contribution in [0.25, 0.3) is 0 Å². The van der Waals surface area contributed by atoms with Crippen molar-refractivity contribution in [2.24, 2.45) is 7.05 Å². The van der Waals surface area contributed by atoms with Crippen LogP contribution in [0.15, 0.2) is 47.5 Å². The van der Waals surface area contributed by atoms with Crippen LogP contribution in [0.2, 0.25) is 0 Å². The van der Waals surface area contributed by atoms with Gasteiger partial charge in [0.05, 0.1) is 6.61 Å². The maximum absolute atomic E-state index is 12.3. The highest BCUT2D eigenvalue weighted by atomic mass is 32.2. The smallest absolute Gasteiger partial charge is 0.354 e. The average Bonchev–Trinajstić information content (AvgIpc) is 2.90. The lowest BCUT2D eigenvalue weighted by Gasteiger charge is -2.04. The normalized spacial score (nSPS) is 11.4. The first kappa shape index (κ1) is 16.3. The average molecular weight is 322 g/mol. The first-order valence-corrected chi connectivity index (χ1v) is 8.29. The molecule has 6 nitrogen and oxygen atoms in total. The minimum absolute atomic E-state index is 0.0361. The topological polar surface area (TPSA) is 77.4 Å². The highest BCUT2D eigenvalue weighted by Crippen LogP contribution is 2.15. The van der Waals surface area contributed by atoms with Crippen molar-refractivity contribution in [3.63, 3.8) is 0 Å². The Labute approximate surface area is 129 Å². The molecule has 0 spiro atoms. The summed E-state index contributed by atoms with van der Waals surface area (Å²) in [5, 5.41) is 0. The van der Waals surface area contributed by atoms with Crippen molar-refractivity contribution >= 4 is 16.0 Å². The molecule has 0 amide bonds. The first-order chi connectivity index (χ1) is 10.4. The van der Waals surface area contributed by atoms with E-state index in [0.29, 0.717) is 0 Å². The van der Waals surface area contributed by atoms with E-state index in [0.717, 1.165) is 5.56 Å². The van der Waals surface area contributed by atoms with Gasteiger partial charge in [0.1, 0.15) is 10.6 Å². The van der Waals surface area contributed by atoms with E-state index in [2.05, 4.69) is 4.72 Å². The van der Waals surface area contributed by atoms with E-state index >= 15 is 0 Å². The van der Waals surface area contributed by atoms with Crippen LogP contribution in [0.4, 0.5) is 0 Å². The van der Waals surface area contributed by atoms with Crippen LogP contribution in [0, 0.1) is 0 Å². The number of hydrogen-bond acceptors (Lipinski definition) is 4. The Bertz CT molecular complexity index is 751. The van der Waals surface area contributed by atoms with E-state index in [9.17, 15) is 13.2 Å². The summed E-state index contributed by atoms with van der Waals surface area (Å²) in [6, 6.07) is 10.5. The standard InChI is InChI=1S/C15H18N2O4S/c1-3-21-15(18)14-9-13(11-17(14)2)22(19,20)16-10-12-7-5-4-6-8-12/h4-9,11,16H,3,10H2,1-2H3. The van der Waals surface area contributed by atoms with Crippen molar-refractivity contribution < 1.29 is 17.9 Å². The molecule has 1 aromatic heterocycles. The van der Waals surface area contributed by atoms with Gasteiger partial charge in [0.25, 0.3) is 0 Å². The molecule has 0 atom stereocenters. The fourth-order valence-corrected chi connectivity index (χ4v) is 3.03. The number of benzene rings is 1. The number of aromatic nitrogens is 1. The molecule has 1 N–H and O–H groups in total. The lowest BCUT2D eigenvalue weighted by Crippen LogP contribution is -2.22. The maximum atomic E-state index is 12.3. The van der Waals surface area contributed by atoms with Gasteiger partial charge in [-0.05, 0) is 18.6 Å². The van der Waals surface area contributed by atoms with Crippen molar-refractivity contribution in [3.05, 3.63) is 53.9 Å². The monoisotopic (exact) mass is 322 g/mol. The molecule has 2 rings (SSSR count). The number of nitrogens with zero attached hydrogens (tertiary/aromatic N) is 1. The van der Waals surface area contributed by atoms with E-state index in [1.165, 1.54) is 16.8 Å². The lowest BCUT2D eigenvalue weighted by molar-refractivity contribution is 0.0515. The third-order valence-electron chi connectivity index (χ3n) is 3.08. The van der Waals surface area contributed by atoms with E-state index in [1.807, 2.05) is 30.3 Å². The number of hydrogen-bond donors (Lipinski definition) is 1. The summed E-state index contributed by atoms with van der Waals surface area (Å²) in [4.78, 5) is 11.8. The second kappa shape index (κ2) is 6.76. The van der Waals surface area contributed by atoms with Gasteiger partial charge in [0.15, 0.2) is 0 Å². The lowest BCUT2D eigenvalue weighted by atomic mass is 10.2. The Balaban J connectivity index is 2.16. The Morgan fingerprint density at radius 1 is 1.27 bits per heavy atom. The molecule has 0 saturated heterocycles. The summed E-state index contributed by atoms with van der Waals surface area (Å²) in [7, 11) is -2.09. The van der Waals surface area contributed by atoms with Crippen molar-refractivity contribution in [1.82, 2.24) is 9.29 Å². The predicted molar refractivity (Wildman–Crippen MR) is 81.8 cm³/mol. The molecule has 1 aromatic carbocycles. The first-order valence-electron chi connectivity index (χ1n) is 6.81. The number of sulfonamides is 1. The summed E-state index contributed by atoms with van der Waals surface area (Å²) in [6.07, 6.45) is 1.39. The second-order valence-electron chi connectivity index (χ2n) is 4.70. The fourth-order valence-electron chi connectivity index (χ4n) is 1.95. The molecule has 0 unspecified atom stereocenters. The molecular weight excluding hydrogens is 304 g/mol. The third kappa shape index (κ3) is 3.75. The maximum Gasteiger partial charge on any atom is 0.354 e. The molecule has 0 aliphatic carbocycles. The summed E-state index contributed by atoms with van der Waals surface area (Å²) in [5.74, 6) is -0.547. The van der Waals surface area contributed by atoms with Crippen LogP contribution in [-0.4, -0.2) is 25.6 Å². The molecule has 0 saturated carbocycles. The zero-order chi connectivity index (χ0) is 16.2. The van der Waals surface area contributed by atoms with E-state index in [4.69, 9.17) is 4.74 Å². The minimum Gasteiger partial charge on any atom is -0.461 e. The molecular formula is C15H18N2O4S. The van der Waals surface area contributed by atoms with Crippen molar-refractivity contribution in [2.45, 2.75) is 18.4 Å². The van der Waals surface area contributed by atoms with Crippen molar-refractivity contribution in [2.75, 3.05) is 6.61 Å². The highest BCUT2D eigenvalue weighted by Gasteiger charge is 2.20. The van der Waals surface area contributed by atoms with Gasteiger partial charge in [-0.25, -0.2) is 17.9 Å². The van der Waals surface area contributed by atoms with Crippen LogP contribution < -0.4 is 4.72 Å². The van der Waals surface area contributed by atoms with E-state index in [-0.39, 0.29) is 23.7 Å². The molecule has 118 valence electrons. The molecule has 7 heteroatoms. The zero-order valence-corrected chi connectivity index (χ0v) is 13.3. The van der Waals surface area contributed by atoms with Gasteiger partial charge in [0, 0.05) is 19.8 Å². The summed E-state index contributed by atoms with van der Waals surface area (Å²) >= 11 is 0. The van der Waals surface area contributed by atoms with Crippen LogP contribution >= 0.6 is 0 Å². The molecule has 2 aromatic rings. The second-order valence-corrected chi connectivity index (χ2v) is 6.47. The summed E-state index contributed by atoms with van der Waals surface area (Å²) in [5.41, 5.74) is 1.05. The molecule has 0 bridgehead atoms. The van der Waals surface area contributed by atoms with Gasteiger partial charge in [-0.1, -0.05) is 30.3 Å². The van der Waals surface area contributed by atoms with Gasteiger partial charge in [-0.2, -0.15) is 0 Å². The summed E-state index contributed by atoms with van der Waals surface area (Å²) < 4.78 is 33.4. The van der Waals surface area contributed by atoms with Crippen LogP contribution in [-0.2, 0) is 28.4 Å². The van der Waals surface area contributed by atoms with Crippen LogP contribution in [0.1, 0.15) is 23.0 Å². The van der Waals surface area contributed by atoms with E-state index < -0.39 is 16.0 Å². The highest BCUT2D eigenvalue weighted by molar-refractivity contribution is 7.89. The zero-order valence-electron chi connectivity index (χ0n) is 12.4. The number of rotatable bonds is 6. The number of aryl methyl sites for hydroxylation is 1. The molecule has 0 fully saturated rings. The Hall–Kier alpha value is -2.12. The van der Waals surface area contributed by atoms with Crippen LogP contribution in [0.3, 0.4) is 0 Å². The predicted octanol–water partition coefficient (Wildman–Crippen LogP) is 1.68. The molecule has 1 heterocycles. The molecule has 0 radical (unpaired) electrons. The number of ether oxygens (including phenoxy) is 1. The quantitative estimate of drug-likeness (QED) is 0.821. The Kier molecular flexibility index (Phi) is 4.99. The number of nitrogens with one attached hydrogen (secondary N) is 1.